The van der Waals surface area contributed by atoms with Gasteiger partial charge in [-0.2, -0.15) is 0 Å². The quantitative estimate of drug-likeness (QED) is 0.666. The van der Waals surface area contributed by atoms with E-state index in [1.165, 1.54) is 12.1 Å². The zero-order valence-electron chi connectivity index (χ0n) is 13.2. The number of rotatable bonds is 7. The number of sulfone groups is 1. The average molecular weight is 428 g/mol. The van der Waals surface area contributed by atoms with E-state index in [1.807, 2.05) is 24.3 Å². The van der Waals surface area contributed by atoms with Crippen molar-refractivity contribution in [1.82, 2.24) is 0 Å². The lowest BCUT2D eigenvalue weighted by molar-refractivity contribution is -0.115. The van der Waals surface area contributed by atoms with Crippen molar-refractivity contribution in [3.8, 4) is 0 Å². The molecule has 24 heavy (non-hydrogen) atoms. The molecule has 0 unspecified atom stereocenters. The number of amides is 1. The molecule has 1 N–H and O–H groups in total. The van der Waals surface area contributed by atoms with Crippen LogP contribution in [0.4, 0.5) is 5.69 Å². The van der Waals surface area contributed by atoms with Crippen molar-refractivity contribution in [2.24, 2.45) is 0 Å². The maximum atomic E-state index is 12.0. The summed E-state index contributed by atoms with van der Waals surface area (Å²) in [6.45, 7) is 1.60. The molecule has 2 aromatic carbocycles. The van der Waals surface area contributed by atoms with Crippen molar-refractivity contribution in [3.05, 3.63) is 53.0 Å². The molecule has 0 saturated carbocycles. The van der Waals surface area contributed by atoms with E-state index >= 15 is 0 Å². The van der Waals surface area contributed by atoms with Gasteiger partial charge in [-0.25, -0.2) is 8.42 Å². The molecule has 2 rings (SSSR count). The molecule has 0 radical (unpaired) electrons. The number of benzene rings is 2. The van der Waals surface area contributed by atoms with Gasteiger partial charge in [0, 0.05) is 27.2 Å². The third-order valence-corrected chi connectivity index (χ3v) is 7.08. The second-order valence-electron chi connectivity index (χ2n) is 5.00. The lowest BCUT2D eigenvalue weighted by Gasteiger charge is -2.07. The van der Waals surface area contributed by atoms with Gasteiger partial charge in [0.2, 0.25) is 5.91 Å². The first-order valence-corrected chi connectivity index (χ1v) is 10.9. The predicted octanol–water partition coefficient (Wildman–Crippen LogP) is 4.36. The minimum absolute atomic E-state index is 0.0605. The zero-order valence-corrected chi connectivity index (χ0v) is 16.4. The molecule has 0 spiro atoms. The van der Waals surface area contributed by atoms with Crippen molar-refractivity contribution >= 4 is 49.1 Å². The van der Waals surface area contributed by atoms with Gasteiger partial charge >= 0.3 is 0 Å². The first kappa shape index (κ1) is 19.0. The number of halogens is 1. The zero-order chi connectivity index (χ0) is 17.6. The highest BCUT2D eigenvalue weighted by atomic mass is 79.9. The molecule has 0 aliphatic rings. The Bertz CT molecular complexity index is 805. The molecule has 0 aromatic heterocycles. The lowest BCUT2D eigenvalue weighted by Crippen LogP contribution is -2.12. The summed E-state index contributed by atoms with van der Waals surface area (Å²) in [5.41, 5.74) is 0.598. The van der Waals surface area contributed by atoms with Crippen LogP contribution >= 0.6 is 27.7 Å². The number of carbonyl (C=O) groups is 1. The van der Waals surface area contributed by atoms with Gasteiger partial charge in [0.05, 0.1) is 10.6 Å². The van der Waals surface area contributed by atoms with Crippen LogP contribution in [0.2, 0.25) is 0 Å². The molecule has 0 aliphatic heterocycles. The minimum atomic E-state index is -3.21. The number of nitrogens with one attached hydrogen (secondary N) is 1. The number of carbonyl (C=O) groups excluding carboxylic acids is 1. The average Bonchev–Trinajstić information content (AvgIpc) is 2.57. The van der Waals surface area contributed by atoms with Gasteiger partial charge in [0.15, 0.2) is 9.84 Å². The van der Waals surface area contributed by atoms with Gasteiger partial charge in [-0.05, 0) is 52.3 Å². The largest absolute Gasteiger partial charge is 0.326 e. The smallest absolute Gasteiger partial charge is 0.225 e. The molecule has 0 aliphatic carbocycles. The second-order valence-corrected chi connectivity index (χ2v) is 9.27. The highest BCUT2D eigenvalue weighted by molar-refractivity contribution is 9.10. The molecule has 0 saturated heterocycles. The highest BCUT2D eigenvalue weighted by Crippen LogP contribution is 2.27. The molecule has 0 fully saturated rings. The van der Waals surface area contributed by atoms with Gasteiger partial charge in [-0.15, -0.1) is 11.8 Å². The summed E-state index contributed by atoms with van der Waals surface area (Å²) in [6, 6.07) is 14.1. The number of anilines is 1. The minimum Gasteiger partial charge on any atom is -0.326 e. The van der Waals surface area contributed by atoms with Crippen LogP contribution in [0.15, 0.2) is 62.8 Å². The molecule has 2 aromatic rings. The van der Waals surface area contributed by atoms with E-state index in [0.29, 0.717) is 17.9 Å². The van der Waals surface area contributed by atoms with E-state index in [1.54, 1.807) is 30.8 Å². The Labute approximate surface area is 155 Å². The normalized spacial score (nSPS) is 11.2. The number of hydrogen-bond donors (Lipinski definition) is 1. The van der Waals surface area contributed by atoms with E-state index in [-0.39, 0.29) is 16.6 Å². The Morgan fingerprint density at radius 2 is 1.79 bits per heavy atom. The molecule has 1 amide bonds. The summed E-state index contributed by atoms with van der Waals surface area (Å²) in [4.78, 5) is 13.3. The topological polar surface area (TPSA) is 63.2 Å². The Hall–Kier alpha value is -1.31. The molecule has 7 heteroatoms. The van der Waals surface area contributed by atoms with E-state index in [2.05, 4.69) is 21.2 Å². The first-order chi connectivity index (χ1) is 11.4. The molecular weight excluding hydrogens is 410 g/mol. The summed E-state index contributed by atoms with van der Waals surface area (Å²) in [5.74, 6) is 0.627. The SMILES string of the molecule is CCS(=O)(=O)c1ccc(NC(=O)CCSc2ccccc2Br)cc1. The highest BCUT2D eigenvalue weighted by Gasteiger charge is 2.11. The van der Waals surface area contributed by atoms with Gasteiger partial charge in [-0.3, -0.25) is 4.79 Å². The fraction of sp³-hybridized carbons (Fsp3) is 0.235. The maximum Gasteiger partial charge on any atom is 0.225 e. The summed E-state index contributed by atoms with van der Waals surface area (Å²) in [6.07, 6.45) is 0.376. The standard InChI is InChI=1S/C17H18BrNO3S2/c1-2-24(21,22)14-9-7-13(8-10-14)19-17(20)11-12-23-16-6-4-3-5-15(16)18/h3-10H,2,11-12H2,1H3,(H,19,20). The van der Waals surface area contributed by atoms with Gasteiger partial charge in [0.1, 0.15) is 0 Å². The van der Waals surface area contributed by atoms with Crippen molar-refractivity contribution in [2.45, 2.75) is 23.1 Å². The number of thioether (sulfide) groups is 1. The molecule has 0 heterocycles. The molecular formula is C17H18BrNO3S2. The summed E-state index contributed by atoms with van der Waals surface area (Å²) in [7, 11) is -3.21. The van der Waals surface area contributed by atoms with Crippen molar-refractivity contribution in [2.75, 3.05) is 16.8 Å². The van der Waals surface area contributed by atoms with Crippen LogP contribution in [0, 0.1) is 0 Å². The molecule has 4 nitrogen and oxygen atoms in total. The van der Waals surface area contributed by atoms with Crippen LogP contribution in [0.1, 0.15) is 13.3 Å². The predicted molar refractivity (Wildman–Crippen MR) is 102 cm³/mol. The Morgan fingerprint density at radius 3 is 2.42 bits per heavy atom. The van der Waals surface area contributed by atoms with Crippen LogP contribution in [0.5, 0.6) is 0 Å². The summed E-state index contributed by atoms with van der Waals surface area (Å²) < 4.78 is 24.5. The Balaban J connectivity index is 1.85. The van der Waals surface area contributed by atoms with Crippen molar-refractivity contribution in [3.63, 3.8) is 0 Å². The molecule has 0 atom stereocenters. The molecule has 128 valence electrons. The van der Waals surface area contributed by atoms with E-state index in [9.17, 15) is 13.2 Å². The summed E-state index contributed by atoms with van der Waals surface area (Å²) in [5, 5.41) is 2.78. The van der Waals surface area contributed by atoms with E-state index < -0.39 is 9.84 Å². The summed E-state index contributed by atoms with van der Waals surface area (Å²) >= 11 is 5.08. The maximum absolute atomic E-state index is 12.0. The van der Waals surface area contributed by atoms with Crippen LogP contribution in [0.25, 0.3) is 0 Å². The van der Waals surface area contributed by atoms with Gasteiger partial charge in [-0.1, -0.05) is 19.1 Å². The molecule has 0 bridgehead atoms. The van der Waals surface area contributed by atoms with Crippen LogP contribution in [-0.2, 0) is 14.6 Å². The van der Waals surface area contributed by atoms with Gasteiger partial charge < -0.3 is 5.32 Å². The van der Waals surface area contributed by atoms with Crippen LogP contribution < -0.4 is 5.32 Å². The lowest BCUT2D eigenvalue weighted by atomic mass is 10.3. The third-order valence-electron chi connectivity index (χ3n) is 3.30. The Kier molecular flexibility index (Phi) is 6.89. The van der Waals surface area contributed by atoms with Crippen molar-refractivity contribution < 1.29 is 13.2 Å². The van der Waals surface area contributed by atoms with Gasteiger partial charge in [0.25, 0.3) is 0 Å². The monoisotopic (exact) mass is 427 g/mol. The van der Waals surface area contributed by atoms with Crippen LogP contribution in [0.3, 0.4) is 0 Å². The Morgan fingerprint density at radius 1 is 1.12 bits per heavy atom. The van der Waals surface area contributed by atoms with E-state index in [4.69, 9.17) is 0 Å². The first-order valence-electron chi connectivity index (χ1n) is 7.42. The second kappa shape index (κ2) is 8.69. The van der Waals surface area contributed by atoms with E-state index in [0.717, 1.165) is 9.37 Å². The van der Waals surface area contributed by atoms with Crippen LogP contribution in [-0.4, -0.2) is 25.8 Å². The fourth-order valence-corrected chi connectivity index (χ4v) is 4.35. The third kappa shape index (κ3) is 5.36. The van der Waals surface area contributed by atoms with Crippen molar-refractivity contribution in [1.29, 1.82) is 0 Å². The fourth-order valence-electron chi connectivity index (χ4n) is 1.95. The number of hydrogen-bond acceptors (Lipinski definition) is 4.